The Kier molecular flexibility index (Phi) is 7.56. The average molecular weight is 541 g/mol. The van der Waals surface area contributed by atoms with Gasteiger partial charge in [0.2, 0.25) is 0 Å². The van der Waals surface area contributed by atoms with Gasteiger partial charge in [0, 0.05) is 17.7 Å². The molecule has 0 saturated carbocycles. The van der Waals surface area contributed by atoms with Gasteiger partial charge in [0.25, 0.3) is 0 Å². The molecule has 0 radical (unpaired) electrons. The normalized spacial score (nSPS) is 18.3. The number of benzene rings is 2. The molecule has 2 atom stereocenters. The first-order valence-electron chi connectivity index (χ1n) is 13.7. The first-order valence-corrected chi connectivity index (χ1v) is 14.0. The molecule has 8 nitrogen and oxygen atoms in total. The minimum atomic E-state index is 0.286. The van der Waals surface area contributed by atoms with Crippen LogP contribution < -0.4 is 21.7 Å². The average Bonchev–Trinajstić information content (AvgIpc) is 3.71. The van der Waals surface area contributed by atoms with Crippen LogP contribution in [0.2, 0.25) is 5.15 Å². The number of nitrogens with one attached hydrogen (secondary N) is 3. The van der Waals surface area contributed by atoms with Crippen LogP contribution in [0.15, 0.2) is 61.2 Å². The van der Waals surface area contributed by atoms with E-state index in [4.69, 9.17) is 17.3 Å². The summed E-state index contributed by atoms with van der Waals surface area (Å²) in [5.41, 5.74) is 13.4. The fourth-order valence-electron chi connectivity index (χ4n) is 5.86. The summed E-state index contributed by atoms with van der Waals surface area (Å²) in [4.78, 5) is 17.1. The molecule has 4 aromatic rings. The maximum atomic E-state index is 6.15. The van der Waals surface area contributed by atoms with E-state index in [2.05, 4.69) is 84.4 Å². The maximum absolute atomic E-state index is 6.15. The Labute approximate surface area is 233 Å². The monoisotopic (exact) mass is 540 g/mol. The van der Waals surface area contributed by atoms with Gasteiger partial charge in [0.05, 0.1) is 12.1 Å². The van der Waals surface area contributed by atoms with E-state index < -0.39 is 0 Å². The molecule has 3 heterocycles. The standard InChI is InChI=1S/C15H17ClN4.C15H16N4/c16-14-12(7-8-17)15(19-9-18-14)20-13-6-5-10-3-1-2-4-11(10)13;1-2-4-11-10(3-1)5-6-13(11)19-15-12-7-8-16-14(12)17-9-18-15/h1-4,9,13H,5-8,17H2,(H,18,19,20);1-4,9,13H,5-8H2,(H2,16,17,18,19)/t2*13-/m00/s1. The zero-order chi connectivity index (χ0) is 26.6. The number of anilines is 3. The number of hydrogen-bond acceptors (Lipinski definition) is 8. The van der Waals surface area contributed by atoms with E-state index in [1.165, 1.54) is 34.1 Å². The van der Waals surface area contributed by atoms with E-state index in [-0.39, 0.29) is 6.04 Å². The molecule has 2 aromatic carbocycles. The van der Waals surface area contributed by atoms with Crippen LogP contribution in [0.3, 0.4) is 0 Å². The van der Waals surface area contributed by atoms with Crippen molar-refractivity contribution >= 4 is 29.1 Å². The Bertz CT molecular complexity index is 1460. The van der Waals surface area contributed by atoms with Gasteiger partial charge in [-0.15, -0.1) is 0 Å². The number of halogens is 1. The molecular weight excluding hydrogens is 508 g/mol. The van der Waals surface area contributed by atoms with Gasteiger partial charge in [-0.25, -0.2) is 19.9 Å². The Morgan fingerprint density at radius 2 is 1.41 bits per heavy atom. The van der Waals surface area contributed by atoms with Crippen LogP contribution in [0.5, 0.6) is 0 Å². The molecule has 0 saturated heterocycles. The molecule has 9 heteroatoms. The van der Waals surface area contributed by atoms with Crippen LogP contribution in [-0.4, -0.2) is 33.0 Å². The molecule has 39 heavy (non-hydrogen) atoms. The van der Waals surface area contributed by atoms with Gasteiger partial charge in [-0.3, -0.25) is 0 Å². The minimum Gasteiger partial charge on any atom is -0.369 e. The highest BCUT2D eigenvalue weighted by Crippen LogP contribution is 2.36. The highest BCUT2D eigenvalue weighted by Gasteiger charge is 2.25. The SMILES string of the molecule is NCCc1c(Cl)ncnc1N[C@H]1CCc2ccccc21.c1ccc2c(c1)CC[C@@H]2Nc1ncnc2c1CCN2. The quantitative estimate of drug-likeness (QED) is 0.244. The lowest BCUT2D eigenvalue weighted by atomic mass is 10.1. The van der Waals surface area contributed by atoms with Crippen molar-refractivity contribution in [3.63, 3.8) is 0 Å². The van der Waals surface area contributed by atoms with Gasteiger partial charge in [-0.05, 0) is 67.3 Å². The minimum absolute atomic E-state index is 0.286. The lowest BCUT2D eigenvalue weighted by Crippen LogP contribution is -2.13. The van der Waals surface area contributed by atoms with E-state index in [0.29, 0.717) is 24.2 Å². The van der Waals surface area contributed by atoms with Crippen molar-refractivity contribution < 1.29 is 0 Å². The van der Waals surface area contributed by atoms with Gasteiger partial charge < -0.3 is 21.7 Å². The first kappa shape index (κ1) is 25.5. The number of rotatable bonds is 6. The largest absolute Gasteiger partial charge is 0.369 e. The van der Waals surface area contributed by atoms with Crippen LogP contribution in [0.25, 0.3) is 0 Å². The van der Waals surface area contributed by atoms with E-state index in [9.17, 15) is 0 Å². The van der Waals surface area contributed by atoms with E-state index in [1.807, 2.05) is 0 Å². The Morgan fingerprint density at radius 1 is 0.795 bits per heavy atom. The molecule has 1 aliphatic heterocycles. The van der Waals surface area contributed by atoms with Crippen molar-refractivity contribution in [2.24, 2.45) is 5.73 Å². The summed E-state index contributed by atoms with van der Waals surface area (Å²) >= 11 is 6.15. The second-order valence-electron chi connectivity index (χ2n) is 10.1. The smallest absolute Gasteiger partial charge is 0.137 e. The summed E-state index contributed by atoms with van der Waals surface area (Å²) in [5, 5.41) is 10.9. The molecule has 0 unspecified atom stereocenters. The highest BCUT2D eigenvalue weighted by molar-refractivity contribution is 6.30. The third kappa shape index (κ3) is 5.40. The topological polar surface area (TPSA) is 114 Å². The number of nitrogens with zero attached hydrogens (tertiary/aromatic N) is 4. The molecule has 0 spiro atoms. The van der Waals surface area contributed by atoms with Crippen LogP contribution in [0.1, 0.15) is 58.3 Å². The van der Waals surface area contributed by atoms with Gasteiger partial charge in [0.15, 0.2) is 0 Å². The number of fused-ring (bicyclic) bond motifs is 3. The lowest BCUT2D eigenvalue weighted by molar-refractivity contribution is 0.752. The molecule has 0 fully saturated rings. The molecular formula is C30H33ClN8. The second kappa shape index (κ2) is 11.6. The van der Waals surface area contributed by atoms with Gasteiger partial charge in [0.1, 0.15) is 35.3 Å². The molecule has 3 aliphatic rings. The Balaban J connectivity index is 0.000000142. The summed E-state index contributed by atoms with van der Waals surface area (Å²) in [6.07, 6.45) is 9.28. The number of aromatic nitrogens is 4. The van der Waals surface area contributed by atoms with Crippen molar-refractivity contribution in [1.82, 2.24) is 19.9 Å². The third-order valence-corrected chi connectivity index (χ3v) is 8.11. The molecule has 0 amide bonds. The summed E-state index contributed by atoms with van der Waals surface area (Å²) in [6, 6.07) is 17.9. The van der Waals surface area contributed by atoms with E-state index in [0.717, 1.165) is 61.7 Å². The molecule has 0 bridgehead atoms. The fraction of sp³-hybridized carbons (Fsp3) is 0.333. The van der Waals surface area contributed by atoms with E-state index in [1.54, 1.807) is 6.33 Å². The molecule has 5 N–H and O–H groups in total. The number of aryl methyl sites for hydroxylation is 2. The van der Waals surface area contributed by atoms with Crippen molar-refractivity contribution in [1.29, 1.82) is 0 Å². The van der Waals surface area contributed by atoms with E-state index >= 15 is 0 Å². The summed E-state index contributed by atoms with van der Waals surface area (Å²) in [5.74, 6) is 2.79. The zero-order valence-electron chi connectivity index (χ0n) is 21.8. The predicted molar refractivity (Wildman–Crippen MR) is 156 cm³/mol. The highest BCUT2D eigenvalue weighted by atomic mass is 35.5. The predicted octanol–water partition coefficient (Wildman–Crippen LogP) is 5.27. The van der Waals surface area contributed by atoms with Crippen LogP contribution in [-0.2, 0) is 25.7 Å². The number of nitrogens with two attached hydrogens (primary N) is 1. The maximum Gasteiger partial charge on any atom is 0.137 e. The first-order chi connectivity index (χ1) is 19.2. The Morgan fingerprint density at radius 3 is 2.10 bits per heavy atom. The van der Waals surface area contributed by atoms with Crippen molar-refractivity contribution in [3.05, 3.63) is 99.7 Å². The van der Waals surface area contributed by atoms with Crippen molar-refractivity contribution in [2.45, 2.75) is 50.6 Å². The Hall–Kier alpha value is -3.75. The van der Waals surface area contributed by atoms with Crippen molar-refractivity contribution in [3.8, 4) is 0 Å². The molecule has 7 rings (SSSR count). The molecule has 2 aliphatic carbocycles. The van der Waals surface area contributed by atoms with Gasteiger partial charge in [-0.1, -0.05) is 60.1 Å². The zero-order valence-corrected chi connectivity index (χ0v) is 22.6. The van der Waals surface area contributed by atoms with Gasteiger partial charge >= 0.3 is 0 Å². The lowest BCUT2D eigenvalue weighted by Gasteiger charge is -2.17. The van der Waals surface area contributed by atoms with Crippen LogP contribution in [0, 0.1) is 0 Å². The van der Waals surface area contributed by atoms with Gasteiger partial charge in [-0.2, -0.15) is 0 Å². The van der Waals surface area contributed by atoms with Crippen LogP contribution >= 0.6 is 11.6 Å². The van der Waals surface area contributed by atoms with Crippen molar-refractivity contribution in [2.75, 3.05) is 29.0 Å². The number of hydrogen-bond donors (Lipinski definition) is 4. The molecule has 200 valence electrons. The summed E-state index contributed by atoms with van der Waals surface area (Å²) < 4.78 is 0. The molecule has 2 aromatic heterocycles. The van der Waals surface area contributed by atoms with Crippen LogP contribution in [0.4, 0.5) is 17.5 Å². The third-order valence-electron chi connectivity index (χ3n) is 7.79. The summed E-state index contributed by atoms with van der Waals surface area (Å²) in [6.45, 7) is 1.49. The summed E-state index contributed by atoms with van der Waals surface area (Å²) in [7, 11) is 0. The second-order valence-corrected chi connectivity index (χ2v) is 10.5. The fourth-order valence-corrected chi connectivity index (χ4v) is 6.08.